The molecule has 0 aromatic heterocycles. The molecule has 3 rings (SSSR count). The van der Waals surface area contributed by atoms with Crippen LogP contribution in [0.25, 0.3) is 0 Å². The van der Waals surface area contributed by atoms with Crippen molar-refractivity contribution >= 4 is 15.9 Å². The van der Waals surface area contributed by atoms with E-state index in [0.717, 1.165) is 18.4 Å². The van der Waals surface area contributed by atoms with Crippen LogP contribution in [0.2, 0.25) is 0 Å². The van der Waals surface area contributed by atoms with E-state index in [9.17, 15) is 13.2 Å². The Morgan fingerprint density at radius 2 is 1.68 bits per heavy atom. The second-order valence-corrected chi connectivity index (χ2v) is 8.06. The van der Waals surface area contributed by atoms with Gasteiger partial charge in [0.25, 0.3) is 5.91 Å². The van der Waals surface area contributed by atoms with Crippen LogP contribution in [-0.2, 0) is 22.9 Å². The van der Waals surface area contributed by atoms with E-state index < -0.39 is 10.0 Å². The fourth-order valence-corrected chi connectivity index (χ4v) is 3.70. The van der Waals surface area contributed by atoms with Crippen molar-refractivity contribution in [2.24, 2.45) is 5.14 Å². The van der Waals surface area contributed by atoms with Crippen molar-refractivity contribution in [2.75, 3.05) is 0 Å². The molecule has 5 nitrogen and oxygen atoms in total. The monoisotopic (exact) mass is 358 g/mol. The van der Waals surface area contributed by atoms with Crippen molar-refractivity contribution in [3.8, 4) is 0 Å². The molecule has 0 saturated carbocycles. The van der Waals surface area contributed by atoms with Gasteiger partial charge in [-0.3, -0.25) is 4.79 Å². The lowest BCUT2D eigenvalue weighted by atomic mass is 9.90. The number of nitrogens with one attached hydrogen (secondary N) is 1. The highest BCUT2D eigenvalue weighted by molar-refractivity contribution is 7.89. The second kappa shape index (κ2) is 6.98. The summed E-state index contributed by atoms with van der Waals surface area (Å²) in [5.74, 6) is -0.128. The minimum atomic E-state index is -3.71. The van der Waals surface area contributed by atoms with Crippen LogP contribution in [0.5, 0.6) is 0 Å². The van der Waals surface area contributed by atoms with E-state index in [1.54, 1.807) is 12.1 Å². The highest BCUT2D eigenvalue weighted by atomic mass is 32.2. The molecule has 0 aliphatic heterocycles. The van der Waals surface area contributed by atoms with E-state index in [1.807, 2.05) is 19.1 Å². The number of rotatable bonds is 4. The molecule has 0 spiro atoms. The molecular formula is C19H22N2O3S. The van der Waals surface area contributed by atoms with E-state index in [-0.39, 0.29) is 16.8 Å². The van der Waals surface area contributed by atoms with Crippen molar-refractivity contribution in [3.63, 3.8) is 0 Å². The Labute approximate surface area is 148 Å². The molecule has 25 heavy (non-hydrogen) atoms. The fourth-order valence-electron chi connectivity index (χ4n) is 3.18. The first-order chi connectivity index (χ1) is 11.8. The van der Waals surface area contributed by atoms with Crippen LogP contribution in [-0.4, -0.2) is 14.3 Å². The van der Waals surface area contributed by atoms with Crippen LogP contribution >= 0.6 is 0 Å². The molecule has 0 bridgehead atoms. The minimum absolute atomic E-state index is 0.0597. The Morgan fingerprint density at radius 1 is 1.04 bits per heavy atom. The number of carbonyl (C=O) groups excluding carboxylic acids is 1. The molecule has 1 amide bonds. The molecule has 1 aliphatic rings. The van der Waals surface area contributed by atoms with Gasteiger partial charge in [0.1, 0.15) is 0 Å². The third-order valence-corrected chi connectivity index (χ3v) is 5.60. The maximum absolute atomic E-state index is 12.5. The second-order valence-electron chi connectivity index (χ2n) is 6.50. The lowest BCUT2D eigenvalue weighted by molar-refractivity contribution is 0.0939. The van der Waals surface area contributed by atoms with Gasteiger partial charge in [-0.1, -0.05) is 18.2 Å². The molecule has 6 heteroatoms. The molecule has 1 unspecified atom stereocenters. The Morgan fingerprint density at radius 3 is 2.32 bits per heavy atom. The van der Waals surface area contributed by atoms with Gasteiger partial charge in [0.05, 0.1) is 10.9 Å². The summed E-state index contributed by atoms with van der Waals surface area (Å²) in [7, 11) is -3.71. The van der Waals surface area contributed by atoms with Crippen molar-refractivity contribution in [2.45, 2.75) is 43.5 Å². The van der Waals surface area contributed by atoms with Crippen LogP contribution in [0, 0.1) is 0 Å². The van der Waals surface area contributed by atoms with Gasteiger partial charge in [-0.05, 0) is 73.6 Å². The predicted molar refractivity (Wildman–Crippen MR) is 96.8 cm³/mol. The molecule has 0 radical (unpaired) electrons. The third kappa shape index (κ3) is 4.08. The smallest absolute Gasteiger partial charge is 0.251 e. The zero-order chi connectivity index (χ0) is 18.0. The van der Waals surface area contributed by atoms with Crippen molar-refractivity contribution in [1.82, 2.24) is 5.32 Å². The van der Waals surface area contributed by atoms with Gasteiger partial charge in [0.15, 0.2) is 0 Å². The molecule has 1 atom stereocenters. The Kier molecular flexibility index (Phi) is 4.92. The molecule has 0 saturated heterocycles. The number of carbonyl (C=O) groups is 1. The topological polar surface area (TPSA) is 89.3 Å². The number of benzene rings is 2. The number of nitrogens with two attached hydrogens (primary N) is 1. The average molecular weight is 358 g/mol. The summed E-state index contributed by atoms with van der Waals surface area (Å²) in [6.07, 6.45) is 4.50. The number of amides is 1. The lowest BCUT2D eigenvalue weighted by Crippen LogP contribution is -2.27. The van der Waals surface area contributed by atoms with Gasteiger partial charge in [-0.15, -0.1) is 0 Å². The summed E-state index contributed by atoms with van der Waals surface area (Å²) >= 11 is 0. The summed E-state index contributed by atoms with van der Waals surface area (Å²) in [5, 5.41) is 8.06. The standard InChI is InChI=1S/C19H22N2O3S/c1-13(14-8-10-18(11-9-14)25(20,23)24)21-19(22)17-7-6-15-4-2-3-5-16(15)12-17/h6-13H,2-5H2,1H3,(H,21,22)(H2,20,23,24). The molecule has 132 valence electrons. The van der Waals surface area contributed by atoms with Crippen LogP contribution in [0.15, 0.2) is 47.4 Å². The average Bonchev–Trinajstić information content (AvgIpc) is 2.60. The van der Waals surface area contributed by atoms with E-state index in [1.165, 1.54) is 36.1 Å². The van der Waals surface area contributed by atoms with Gasteiger partial charge < -0.3 is 5.32 Å². The van der Waals surface area contributed by atoms with E-state index in [0.29, 0.717) is 5.56 Å². The van der Waals surface area contributed by atoms with Gasteiger partial charge in [-0.2, -0.15) is 0 Å². The van der Waals surface area contributed by atoms with Crippen molar-refractivity contribution in [1.29, 1.82) is 0 Å². The first kappa shape index (κ1) is 17.6. The van der Waals surface area contributed by atoms with Crippen LogP contribution in [0.1, 0.15) is 52.9 Å². The third-order valence-electron chi connectivity index (χ3n) is 4.67. The highest BCUT2D eigenvalue weighted by Gasteiger charge is 2.16. The van der Waals surface area contributed by atoms with Gasteiger partial charge in [0.2, 0.25) is 10.0 Å². The largest absolute Gasteiger partial charge is 0.346 e. The molecular weight excluding hydrogens is 336 g/mol. The maximum Gasteiger partial charge on any atom is 0.251 e. The van der Waals surface area contributed by atoms with Crippen LogP contribution in [0.4, 0.5) is 0 Å². The molecule has 0 heterocycles. The predicted octanol–water partition coefficient (Wildman–Crippen LogP) is 2.70. The molecule has 1 aliphatic carbocycles. The van der Waals surface area contributed by atoms with Crippen molar-refractivity contribution < 1.29 is 13.2 Å². The number of sulfonamides is 1. The fraction of sp³-hybridized carbons (Fsp3) is 0.316. The Balaban J connectivity index is 1.72. The number of hydrogen-bond donors (Lipinski definition) is 2. The zero-order valence-corrected chi connectivity index (χ0v) is 15.0. The number of primary sulfonamides is 1. The molecule has 0 fully saturated rings. The SMILES string of the molecule is CC(NC(=O)c1ccc2c(c1)CCCC2)c1ccc(S(N)(=O)=O)cc1. The quantitative estimate of drug-likeness (QED) is 0.880. The molecule has 3 N–H and O–H groups in total. The minimum Gasteiger partial charge on any atom is -0.346 e. The number of hydrogen-bond acceptors (Lipinski definition) is 3. The first-order valence-electron chi connectivity index (χ1n) is 8.40. The first-order valence-corrected chi connectivity index (χ1v) is 9.94. The van der Waals surface area contributed by atoms with E-state index in [4.69, 9.17) is 5.14 Å². The Bertz CT molecular complexity index is 889. The summed E-state index contributed by atoms with van der Waals surface area (Å²) in [6.45, 7) is 1.86. The van der Waals surface area contributed by atoms with Gasteiger partial charge in [-0.25, -0.2) is 13.6 Å². The van der Waals surface area contributed by atoms with E-state index >= 15 is 0 Å². The van der Waals surface area contributed by atoms with E-state index in [2.05, 4.69) is 11.4 Å². The van der Waals surface area contributed by atoms with Gasteiger partial charge in [0, 0.05) is 5.56 Å². The molecule has 2 aromatic rings. The van der Waals surface area contributed by atoms with Crippen molar-refractivity contribution in [3.05, 3.63) is 64.7 Å². The summed E-state index contributed by atoms with van der Waals surface area (Å²) in [4.78, 5) is 12.6. The molecule has 2 aromatic carbocycles. The summed E-state index contributed by atoms with van der Waals surface area (Å²) in [5.41, 5.74) is 4.09. The van der Waals surface area contributed by atoms with Crippen LogP contribution < -0.4 is 10.5 Å². The van der Waals surface area contributed by atoms with Gasteiger partial charge >= 0.3 is 0 Å². The highest BCUT2D eigenvalue weighted by Crippen LogP contribution is 2.23. The van der Waals surface area contributed by atoms with Crippen LogP contribution in [0.3, 0.4) is 0 Å². The number of aryl methyl sites for hydroxylation is 2. The normalized spacial score (nSPS) is 15.3. The maximum atomic E-state index is 12.5. The summed E-state index contributed by atoms with van der Waals surface area (Å²) < 4.78 is 22.6. The summed E-state index contributed by atoms with van der Waals surface area (Å²) in [6, 6.07) is 11.9. The zero-order valence-electron chi connectivity index (χ0n) is 14.2. The lowest BCUT2D eigenvalue weighted by Gasteiger charge is -2.18. The number of fused-ring (bicyclic) bond motifs is 1. The Hall–Kier alpha value is -2.18.